The molecule has 0 saturated carbocycles. The summed E-state index contributed by atoms with van der Waals surface area (Å²) in [6, 6.07) is 18.2. The predicted octanol–water partition coefficient (Wildman–Crippen LogP) is 3.45. The van der Waals surface area contributed by atoms with Gasteiger partial charge in [-0.25, -0.2) is 8.42 Å². The molecule has 0 unspecified atom stereocenters. The topological polar surface area (TPSA) is 103 Å². The number of anilines is 2. The lowest BCUT2D eigenvalue weighted by molar-refractivity contribution is -0.122. The van der Waals surface area contributed by atoms with Crippen LogP contribution >= 0.6 is 0 Å². The van der Waals surface area contributed by atoms with E-state index in [4.69, 9.17) is 14.2 Å². The quantitative estimate of drug-likeness (QED) is 0.567. The van der Waals surface area contributed by atoms with Crippen LogP contribution in [0.15, 0.2) is 71.6 Å². The molecular formula is C23H22N2O6S. The first-order valence-corrected chi connectivity index (χ1v) is 11.3. The average Bonchev–Trinajstić information content (AvgIpc) is 3.24. The zero-order valence-corrected chi connectivity index (χ0v) is 18.3. The van der Waals surface area contributed by atoms with Crippen LogP contribution in [0.3, 0.4) is 0 Å². The van der Waals surface area contributed by atoms with Crippen LogP contribution in [-0.4, -0.2) is 34.6 Å². The molecule has 1 aliphatic rings. The third-order valence-electron chi connectivity index (χ3n) is 5.02. The fraction of sp³-hybridized carbons (Fsp3) is 0.174. The molecule has 1 atom stereocenters. The Bertz CT molecular complexity index is 1220. The number of hydrogen-bond donors (Lipinski definition) is 2. The van der Waals surface area contributed by atoms with E-state index < -0.39 is 22.0 Å². The van der Waals surface area contributed by atoms with Gasteiger partial charge in [-0.1, -0.05) is 18.2 Å². The molecule has 32 heavy (non-hydrogen) atoms. The molecule has 0 fully saturated rings. The minimum absolute atomic E-state index is 0.0277. The smallest absolute Gasteiger partial charge is 0.265 e. The molecule has 0 spiro atoms. The highest BCUT2D eigenvalue weighted by molar-refractivity contribution is 7.92. The van der Waals surface area contributed by atoms with E-state index in [2.05, 4.69) is 10.0 Å². The average molecular weight is 455 g/mol. The second-order valence-electron chi connectivity index (χ2n) is 7.10. The maximum absolute atomic E-state index is 12.9. The summed E-state index contributed by atoms with van der Waals surface area (Å²) in [7, 11) is -0.937. The van der Waals surface area contributed by atoms with Crippen LogP contribution in [0.25, 0.3) is 0 Å². The van der Waals surface area contributed by atoms with E-state index in [-0.39, 0.29) is 10.6 Å². The van der Waals surface area contributed by atoms with Gasteiger partial charge in [0.05, 0.1) is 24.8 Å². The summed E-state index contributed by atoms with van der Waals surface area (Å²) in [6.07, 6.45) is -0.281. The van der Waals surface area contributed by atoms with Crippen molar-refractivity contribution >= 4 is 27.3 Å². The molecule has 9 heteroatoms. The molecule has 2 N–H and O–H groups in total. The van der Waals surface area contributed by atoms with Gasteiger partial charge in [-0.2, -0.15) is 0 Å². The number of carbonyl (C=O) groups is 1. The van der Waals surface area contributed by atoms with E-state index in [0.29, 0.717) is 29.4 Å². The van der Waals surface area contributed by atoms with Crippen molar-refractivity contribution in [3.63, 3.8) is 0 Å². The van der Waals surface area contributed by atoms with Crippen molar-refractivity contribution in [1.82, 2.24) is 0 Å². The van der Waals surface area contributed by atoms with Crippen LogP contribution in [-0.2, 0) is 21.2 Å². The largest absolute Gasteiger partial charge is 0.497 e. The predicted molar refractivity (Wildman–Crippen MR) is 120 cm³/mol. The van der Waals surface area contributed by atoms with Gasteiger partial charge in [0.2, 0.25) is 0 Å². The van der Waals surface area contributed by atoms with E-state index in [9.17, 15) is 13.2 Å². The Hall–Kier alpha value is -3.72. The molecule has 0 saturated heterocycles. The van der Waals surface area contributed by atoms with Crippen LogP contribution in [0.1, 0.15) is 5.56 Å². The summed E-state index contributed by atoms with van der Waals surface area (Å²) in [5, 5.41) is 2.73. The Morgan fingerprint density at radius 2 is 1.75 bits per heavy atom. The number of ether oxygens (including phenoxy) is 3. The first-order valence-electron chi connectivity index (χ1n) is 9.80. The standard InChI is InChI=1S/C23H22N2O6S/c1-29-17-9-7-16(8-10-17)25-32(27,28)18-11-12-21(30-2)19(14-18)24-23(26)22-13-15-5-3-4-6-20(15)31-22/h3-12,14,22,25H,13H2,1-2H3,(H,24,26)/t22-/m0/s1. The van der Waals surface area contributed by atoms with Crippen LogP contribution in [0, 0.1) is 0 Å². The van der Waals surface area contributed by atoms with Crippen molar-refractivity contribution in [2.24, 2.45) is 0 Å². The van der Waals surface area contributed by atoms with E-state index >= 15 is 0 Å². The normalized spacial score (nSPS) is 14.8. The summed E-state index contributed by atoms with van der Waals surface area (Å²) < 4.78 is 44.4. The lowest BCUT2D eigenvalue weighted by atomic mass is 10.1. The van der Waals surface area contributed by atoms with E-state index in [1.807, 2.05) is 18.2 Å². The number of methoxy groups -OCH3 is 2. The molecule has 0 radical (unpaired) electrons. The fourth-order valence-corrected chi connectivity index (χ4v) is 4.45. The summed E-state index contributed by atoms with van der Waals surface area (Å²) in [4.78, 5) is 12.8. The van der Waals surface area contributed by atoms with E-state index in [0.717, 1.165) is 5.56 Å². The molecule has 4 rings (SSSR count). The minimum Gasteiger partial charge on any atom is -0.497 e. The van der Waals surface area contributed by atoms with Crippen LogP contribution in [0.4, 0.5) is 11.4 Å². The number of rotatable bonds is 7. The summed E-state index contributed by atoms with van der Waals surface area (Å²) >= 11 is 0. The number of nitrogens with one attached hydrogen (secondary N) is 2. The van der Waals surface area contributed by atoms with Gasteiger partial charge in [0, 0.05) is 12.1 Å². The number of benzene rings is 3. The first-order chi connectivity index (χ1) is 15.4. The molecule has 8 nitrogen and oxygen atoms in total. The highest BCUT2D eigenvalue weighted by Gasteiger charge is 2.29. The number of amides is 1. The second-order valence-corrected chi connectivity index (χ2v) is 8.79. The van der Waals surface area contributed by atoms with Gasteiger partial charge >= 0.3 is 0 Å². The molecule has 1 aliphatic heterocycles. The van der Waals surface area contributed by atoms with Gasteiger partial charge in [0.15, 0.2) is 6.10 Å². The monoisotopic (exact) mass is 454 g/mol. The molecule has 1 heterocycles. The van der Waals surface area contributed by atoms with Crippen LogP contribution in [0.5, 0.6) is 17.2 Å². The van der Waals surface area contributed by atoms with Gasteiger partial charge in [0.25, 0.3) is 15.9 Å². The molecule has 0 aliphatic carbocycles. The van der Waals surface area contributed by atoms with Crippen LogP contribution in [0.2, 0.25) is 0 Å². The van der Waals surface area contributed by atoms with Crippen molar-refractivity contribution in [3.05, 3.63) is 72.3 Å². The van der Waals surface area contributed by atoms with Crippen LogP contribution < -0.4 is 24.2 Å². The molecule has 1 amide bonds. The summed E-state index contributed by atoms with van der Waals surface area (Å²) in [5.74, 6) is 1.22. The number of hydrogen-bond acceptors (Lipinski definition) is 6. The Labute approximate surface area is 186 Å². The molecule has 3 aromatic rings. The Balaban J connectivity index is 1.53. The third kappa shape index (κ3) is 4.47. The summed E-state index contributed by atoms with van der Waals surface area (Å²) in [5.41, 5.74) is 1.55. The third-order valence-corrected chi connectivity index (χ3v) is 6.40. The van der Waals surface area contributed by atoms with Gasteiger partial charge in [-0.05, 0) is 54.1 Å². The number of fused-ring (bicyclic) bond motifs is 1. The Morgan fingerprint density at radius 1 is 1.00 bits per heavy atom. The number of para-hydroxylation sites is 1. The molecule has 3 aromatic carbocycles. The zero-order valence-electron chi connectivity index (χ0n) is 17.5. The van der Waals surface area contributed by atoms with Crippen molar-refractivity contribution in [3.8, 4) is 17.2 Å². The molecule has 0 bridgehead atoms. The summed E-state index contributed by atoms with van der Waals surface area (Å²) in [6.45, 7) is 0. The SMILES string of the molecule is COc1ccc(NS(=O)(=O)c2ccc(OC)c(NC(=O)[C@@H]3Cc4ccccc4O3)c2)cc1. The second kappa shape index (κ2) is 8.80. The number of carbonyl (C=O) groups excluding carboxylic acids is 1. The zero-order chi connectivity index (χ0) is 22.7. The van der Waals surface area contributed by atoms with Crippen molar-refractivity contribution < 1.29 is 27.4 Å². The highest BCUT2D eigenvalue weighted by atomic mass is 32.2. The minimum atomic E-state index is -3.91. The lowest BCUT2D eigenvalue weighted by Gasteiger charge is -2.15. The molecular weight excluding hydrogens is 432 g/mol. The maximum atomic E-state index is 12.9. The van der Waals surface area contributed by atoms with Gasteiger partial charge in [0.1, 0.15) is 17.2 Å². The molecule has 0 aromatic heterocycles. The Kier molecular flexibility index (Phi) is 5.91. The first kappa shape index (κ1) is 21.5. The highest BCUT2D eigenvalue weighted by Crippen LogP contribution is 2.32. The van der Waals surface area contributed by atoms with E-state index in [1.165, 1.54) is 32.4 Å². The Morgan fingerprint density at radius 3 is 2.44 bits per heavy atom. The lowest BCUT2D eigenvalue weighted by Crippen LogP contribution is -2.31. The van der Waals surface area contributed by atoms with Crippen molar-refractivity contribution in [2.75, 3.05) is 24.3 Å². The molecule has 166 valence electrons. The van der Waals surface area contributed by atoms with Crippen molar-refractivity contribution in [2.45, 2.75) is 17.4 Å². The number of sulfonamides is 1. The van der Waals surface area contributed by atoms with Gasteiger partial charge < -0.3 is 19.5 Å². The maximum Gasteiger partial charge on any atom is 0.265 e. The van der Waals surface area contributed by atoms with Crippen molar-refractivity contribution in [1.29, 1.82) is 0 Å². The van der Waals surface area contributed by atoms with Gasteiger partial charge in [-0.3, -0.25) is 9.52 Å². The van der Waals surface area contributed by atoms with E-state index in [1.54, 1.807) is 30.3 Å². The van der Waals surface area contributed by atoms with Gasteiger partial charge in [-0.15, -0.1) is 0 Å². The fourth-order valence-electron chi connectivity index (χ4n) is 3.37.